The first-order valence-corrected chi connectivity index (χ1v) is 15.3. The fraction of sp³-hybridized carbons (Fsp3) is 0.565. The SMILES string of the molecule is O=[S@]1CCCc2nc(N3CCC(c4ccc(S(F)(F)(F)(F)F)cc4)CC3)nc(NC3(CO)CCC3)c21. The minimum absolute atomic E-state index is 0.0417. The summed E-state index contributed by atoms with van der Waals surface area (Å²) in [6, 6.07) is 3.25. The number of halogens is 5. The van der Waals surface area contributed by atoms with Gasteiger partial charge in [-0.15, -0.1) is 0 Å². The first-order chi connectivity index (χ1) is 16.8. The fourth-order valence-corrected chi connectivity index (χ4v) is 7.16. The first kappa shape index (κ1) is 25.7. The van der Waals surface area contributed by atoms with E-state index in [1.807, 2.05) is 4.90 Å². The molecule has 36 heavy (non-hydrogen) atoms. The highest BCUT2D eigenvalue weighted by Crippen LogP contribution is 3.02. The number of nitrogens with zero attached hydrogens (tertiary/aromatic N) is 3. The van der Waals surface area contributed by atoms with Crippen molar-refractivity contribution in [1.82, 2.24) is 9.97 Å². The Balaban J connectivity index is 1.34. The van der Waals surface area contributed by atoms with E-state index in [1.165, 1.54) is 0 Å². The lowest BCUT2D eigenvalue weighted by atomic mass is 9.77. The number of aromatic nitrogens is 2. The maximum absolute atomic E-state index is 13.0. The zero-order valence-electron chi connectivity index (χ0n) is 19.6. The van der Waals surface area contributed by atoms with Crippen LogP contribution in [0.4, 0.5) is 31.2 Å². The Morgan fingerprint density at radius 2 is 1.72 bits per heavy atom. The van der Waals surface area contributed by atoms with Crippen LogP contribution in [0.5, 0.6) is 0 Å². The number of rotatable bonds is 6. The van der Waals surface area contributed by atoms with E-state index in [4.69, 9.17) is 9.97 Å². The molecule has 0 radical (unpaired) electrons. The quantitative estimate of drug-likeness (QED) is 0.435. The van der Waals surface area contributed by atoms with Crippen molar-refractivity contribution in [2.24, 2.45) is 0 Å². The van der Waals surface area contributed by atoms with Crippen LogP contribution in [0.15, 0.2) is 34.1 Å². The summed E-state index contributed by atoms with van der Waals surface area (Å²) >= 11 is 0. The van der Waals surface area contributed by atoms with Gasteiger partial charge in [0, 0.05) is 18.8 Å². The average Bonchev–Trinajstić information content (AvgIpc) is 2.80. The fourth-order valence-electron chi connectivity index (χ4n) is 5.18. The van der Waals surface area contributed by atoms with Crippen LogP contribution in [0.2, 0.25) is 0 Å². The van der Waals surface area contributed by atoms with Crippen molar-refractivity contribution >= 4 is 32.8 Å². The van der Waals surface area contributed by atoms with Gasteiger partial charge in [-0.2, -0.15) is 4.98 Å². The summed E-state index contributed by atoms with van der Waals surface area (Å²) in [5, 5.41) is 13.3. The third-order valence-electron chi connectivity index (χ3n) is 7.47. The summed E-state index contributed by atoms with van der Waals surface area (Å²) < 4.78 is 78.0. The molecule has 2 aromatic rings. The maximum Gasteiger partial charge on any atom is 0.310 e. The van der Waals surface area contributed by atoms with Gasteiger partial charge in [0.2, 0.25) is 5.95 Å². The molecule has 13 heteroatoms. The van der Waals surface area contributed by atoms with Crippen molar-refractivity contribution < 1.29 is 28.7 Å². The van der Waals surface area contributed by atoms with Crippen molar-refractivity contribution in [2.45, 2.75) is 66.2 Å². The van der Waals surface area contributed by atoms with Gasteiger partial charge < -0.3 is 15.3 Å². The molecule has 5 rings (SSSR count). The van der Waals surface area contributed by atoms with Crippen LogP contribution >= 0.6 is 10.2 Å². The molecule has 0 amide bonds. The van der Waals surface area contributed by atoms with Gasteiger partial charge in [-0.1, -0.05) is 31.6 Å². The monoisotopic (exact) mass is 552 g/mol. The Morgan fingerprint density at radius 1 is 1.06 bits per heavy atom. The van der Waals surface area contributed by atoms with Gasteiger partial charge in [0.25, 0.3) is 0 Å². The van der Waals surface area contributed by atoms with Crippen molar-refractivity contribution in [2.75, 3.05) is 35.7 Å². The summed E-state index contributed by atoms with van der Waals surface area (Å²) in [6.45, 7) is 1.04. The second kappa shape index (κ2) is 8.26. The highest BCUT2D eigenvalue weighted by molar-refractivity contribution is 8.45. The second-order valence-electron chi connectivity index (χ2n) is 10.0. The summed E-state index contributed by atoms with van der Waals surface area (Å²) in [6.07, 6.45) is 5.25. The first-order valence-electron chi connectivity index (χ1n) is 12.0. The predicted octanol–water partition coefficient (Wildman–Crippen LogP) is 5.90. The molecule has 1 aliphatic carbocycles. The smallest absolute Gasteiger partial charge is 0.310 e. The summed E-state index contributed by atoms with van der Waals surface area (Å²) in [7, 11) is -10.9. The zero-order valence-corrected chi connectivity index (χ0v) is 21.2. The zero-order chi connectivity index (χ0) is 25.8. The molecule has 2 aliphatic heterocycles. The molecule has 3 heterocycles. The molecule has 1 saturated heterocycles. The maximum atomic E-state index is 13.0. The molecule has 200 valence electrons. The van der Waals surface area contributed by atoms with Crippen LogP contribution in [-0.2, 0) is 17.2 Å². The van der Waals surface area contributed by atoms with Crippen molar-refractivity contribution in [1.29, 1.82) is 0 Å². The molecule has 0 spiro atoms. The van der Waals surface area contributed by atoms with E-state index >= 15 is 0 Å². The third kappa shape index (κ3) is 5.06. The average molecular weight is 553 g/mol. The molecule has 6 nitrogen and oxygen atoms in total. The van der Waals surface area contributed by atoms with Gasteiger partial charge >= 0.3 is 10.2 Å². The second-order valence-corrected chi connectivity index (χ2v) is 13.9. The van der Waals surface area contributed by atoms with E-state index in [1.54, 1.807) is 0 Å². The molecular weight excluding hydrogens is 523 g/mol. The lowest BCUT2D eigenvalue weighted by Gasteiger charge is -2.42. The standard InChI is InChI=1S/C23H29F5N4O2S2/c24-36(25,26,27,28)18-6-4-16(5-7-18)17-8-12-32(13-9-17)22-29-19-3-1-14-35(34)20(19)21(30-22)31-23(15-33)10-2-11-23/h4-7,17,33H,1-3,8-15H2,(H,29,30,31)/t35-/m0/s1. The lowest BCUT2D eigenvalue weighted by molar-refractivity contribution is 0.143. The lowest BCUT2D eigenvalue weighted by Crippen LogP contribution is -2.49. The van der Waals surface area contributed by atoms with Crippen LogP contribution < -0.4 is 10.2 Å². The highest BCUT2D eigenvalue weighted by Gasteiger charge is 2.65. The molecule has 3 aliphatic rings. The molecular formula is C23H29F5N4O2S2. The van der Waals surface area contributed by atoms with E-state index in [0.717, 1.165) is 43.5 Å². The van der Waals surface area contributed by atoms with Gasteiger partial charge in [0.05, 0.1) is 28.6 Å². The third-order valence-corrected chi connectivity index (χ3v) is 10.2. The van der Waals surface area contributed by atoms with Crippen molar-refractivity contribution in [3.05, 3.63) is 35.5 Å². The Hall–Kier alpha value is -1.99. The number of anilines is 2. The van der Waals surface area contributed by atoms with E-state index in [-0.39, 0.29) is 12.5 Å². The summed E-state index contributed by atoms with van der Waals surface area (Å²) in [5.74, 6) is 1.49. The minimum Gasteiger partial charge on any atom is -0.394 e. The van der Waals surface area contributed by atoms with Crippen molar-refractivity contribution in [3.8, 4) is 0 Å². The number of nitrogens with one attached hydrogen (secondary N) is 1. The molecule has 0 bridgehead atoms. The Kier molecular flexibility index (Phi) is 5.88. The van der Waals surface area contributed by atoms with Crippen LogP contribution in [-0.4, -0.2) is 50.3 Å². The Morgan fingerprint density at radius 3 is 2.28 bits per heavy atom. The topological polar surface area (TPSA) is 78.4 Å². The number of aliphatic hydroxyl groups is 1. The normalized spacial score (nSPS) is 24.3. The molecule has 0 unspecified atom stereocenters. The Labute approximate surface area is 208 Å². The van der Waals surface area contributed by atoms with Crippen LogP contribution in [0.1, 0.15) is 55.7 Å². The number of aliphatic hydroxyl groups excluding tert-OH is 1. The van der Waals surface area contributed by atoms with Crippen LogP contribution in [0.3, 0.4) is 0 Å². The van der Waals surface area contributed by atoms with E-state index in [2.05, 4.69) is 5.32 Å². The molecule has 1 aromatic carbocycles. The van der Waals surface area contributed by atoms with Gasteiger partial charge in [0.15, 0.2) is 0 Å². The molecule has 1 atom stereocenters. The largest absolute Gasteiger partial charge is 0.394 e. The summed E-state index contributed by atoms with van der Waals surface area (Å²) in [5.41, 5.74) is 0.877. The number of fused-ring (bicyclic) bond motifs is 1. The molecule has 1 aromatic heterocycles. The van der Waals surface area contributed by atoms with E-state index in [0.29, 0.717) is 72.5 Å². The predicted molar refractivity (Wildman–Crippen MR) is 131 cm³/mol. The molecule has 2 fully saturated rings. The number of benzene rings is 1. The number of hydrogen-bond donors (Lipinski definition) is 2. The number of aryl methyl sites for hydroxylation is 1. The number of hydrogen-bond acceptors (Lipinski definition) is 6. The highest BCUT2D eigenvalue weighted by atomic mass is 32.5. The Bertz CT molecular complexity index is 1180. The van der Waals surface area contributed by atoms with Crippen molar-refractivity contribution in [3.63, 3.8) is 0 Å². The van der Waals surface area contributed by atoms with Crippen LogP contribution in [0, 0.1) is 0 Å². The van der Waals surface area contributed by atoms with Gasteiger partial charge in [-0.25, -0.2) is 4.98 Å². The van der Waals surface area contributed by atoms with Gasteiger partial charge in [-0.05, 0) is 68.6 Å². The number of piperidine rings is 1. The minimum atomic E-state index is -9.68. The van der Waals surface area contributed by atoms with Crippen LogP contribution in [0.25, 0.3) is 0 Å². The van der Waals surface area contributed by atoms with E-state index in [9.17, 15) is 28.7 Å². The summed E-state index contributed by atoms with van der Waals surface area (Å²) in [4.78, 5) is 10.2. The molecule has 2 N–H and O–H groups in total. The van der Waals surface area contributed by atoms with E-state index < -0.39 is 31.5 Å². The van der Waals surface area contributed by atoms with Gasteiger partial charge in [0.1, 0.15) is 15.6 Å². The molecule has 1 saturated carbocycles. The van der Waals surface area contributed by atoms with Gasteiger partial charge in [-0.3, -0.25) is 4.21 Å².